The fraction of sp³-hybridized carbons (Fsp3) is 0.440. The van der Waals surface area contributed by atoms with Gasteiger partial charge in [0.1, 0.15) is 5.69 Å². The van der Waals surface area contributed by atoms with Crippen molar-refractivity contribution in [1.29, 1.82) is 0 Å². The number of alkyl halides is 6. The summed E-state index contributed by atoms with van der Waals surface area (Å²) in [5, 5.41) is 19.0. The number of nitrogens with zero attached hydrogens (tertiary/aromatic N) is 6. The monoisotopic (exact) mass is 604 g/mol. The molecule has 11 nitrogen and oxygen atoms in total. The van der Waals surface area contributed by atoms with Crippen LogP contribution < -0.4 is 4.90 Å². The second-order valence-electron chi connectivity index (χ2n) is 9.24. The van der Waals surface area contributed by atoms with Gasteiger partial charge in [0.15, 0.2) is 11.5 Å². The molecule has 2 aliphatic heterocycles. The number of carboxylic acid groups (broad SMARTS) is 2. The first-order chi connectivity index (χ1) is 19.7. The van der Waals surface area contributed by atoms with Gasteiger partial charge < -0.3 is 20.0 Å². The number of piperidine rings is 1. The van der Waals surface area contributed by atoms with Crippen molar-refractivity contribution in [2.45, 2.75) is 44.0 Å². The van der Waals surface area contributed by atoms with Crippen LogP contribution in [0.1, 0.15) is 47.9 Å². The van der Waals surface area contributed by atoms with E-state index in [2.05, 4.69) is 28.2 Å². The van der Waals surface area contributed by atoms with E-state index in [0.717, 1.165) is 37.4 Å². The number of carboxylic acids is 2. The number of carbonyl (C=O) groups is 3. The number of anilines is 1. The molecule has 5 heterocycles. The first-order valence-electron chi connectivity index (χ1n) is 12.6. The van der Waals surface area contributed by atoms with Crippen molar-refractivity contribution in [1.82, 2.24) is 24.5 Å². The predicted molar refractivity (Wildman–Crippen MR) is 134 cm³/mol. The molecule has 0 unspecified atom stereocenters. The number of aliphatic carboxylic acids is 2. The van der Waals surface area contributed by atoms with Gasteiger partial charge in [0, 0.05) is 38.3 Å². The number of amides is 1. The summed E-state index contributed by atoms with van der Waals surface area (Å²) in [5.41, 5.74) is 2.63. The van der Waals surface area contributed by atoms with E-state index in [4.69, 9.17) is 29.9 Å². The third kappa shape index (κ3) is 8.78. The molecule has 42 heavy (non-hydrogen) atoms. The molecule has 1 amide bonds. The molecule has 0 saturated carbocycles. The number of fused-ring (bicyclic) bond motifs is 1. The van der Waals surface area contributed by atoms with Crippen LogP contribution in [-0.2, 0) is 9.59 Å². The molecule has 2 N–H and O–H groups in total. The highest BCUT2D eigenvalue weighted by Gasteiger charge is 2.39. The van der Waals surface area contributed by atoms with Gasteiger partial charge in [-0.1, -0.05) is 6.07 Å². The van der Waals surface area contributed by atoms with Gasteiger partial charge in [-0.3, -0.25) is 9.78 Å². The Balaban J connectivity index is 0.000000289. The Morgan fingerprint density at radius 1 is 0.833 bits per heavy atom. The number of carbonyl (C=O) groups excluding carboxylic acids is 1. The minimum Gasteiger partial charge on any atom is -0.475 e. The standard InChI is InChI=1S/C21H24N6O.2C2HF3O2/c28-21(18-5-1-2-10-22-18)26-13-8-16(9-14-26)20-23-19-7-6-17(15-27(19)24-20)25-11-3-4-12-25;2*3-2(4,5)1(6)7/h1-2,5-7,10,15-16H,3-4,8-9,11-14H2;2*(H,6,7). The Morgan fingerprint density at radius 2 is 1.40 bits per heavy atom. The summed E-state index contributed by atoms with van der Waals surface area (Å²) in [5.74, 6) is -4.32. The molecule has 0 atom stereocenters. The van der Waals surface area contributed by atoms with Crippen LogP contribution in [-0.4, -0.2) is 91.1 Å². The smallest absolute Gasteiger partial charge is 0.475 e. The molecule has 3 aromatic heterocycles. The van der Waals surface area contributed by atoms with E-state index in [0.29, 0.717) is 24.7 Å². The van der Waals surface area contributed by atoms with E-state index in [1.807, 2.05) is 21.5 Å². The average Bonchev–Trinajstić information content (AvgIpc) is 3.63. The molecule has 0 aliphatic carbocycles. The minimum absolute atomic E-state index is 0.0114. The van der Waals surface area contributed by atoms with Crippen molar-refractivity contribution >= 4 is 29.2 Å². The van der Waals surface area contributed by atoms with Crippen LogP contribution in [0.5, 0.6) is 0 Å². The topological polar surface area (TPSA) is 141 Å². The SMILES string of the molecule is O=C(O)C(F)(F)F.O=C(O)C(F)(F)F.O=C(c1ccccn1)N1CCC(c2nc3ccc(N4CCCC4)cn3n2)CC1. The molecule has 2 fully saturated rings. The van der Waals surface area contributed by atoms with E-state index >= 15 is 0 Å². The van der Waals surface area contributed by atoms with E-state index < -0.39 is 24.3 Å². The number of pyridine rings is 2. The maximum absolute atomic E-state index is 12.6. The molecule has 17 heteroatoms. The Hall–Kier alpha value is -4.44. The Morgan fingerprint density at radius 3 is 1.90 bits per heavy atom. The molecule has 2 aliphatic rings. The molecule has 5 rings (SSSR count). The molecular formula is C25H26F6N6O5. The van der Waals surface area contributed by atoms with Crippen molar-refractivity contribution in [2.24, 2.45) is 0 Å². The second kappa shape index (κ2) is 13.5. The van der Waals surface area contributed by atoms with Crippen LogP contribution in [0.15, 0.2) is 42.7 Å². The van der Waals surface area contributed by atoms with Crippen LogP contribution in [0.2, 0.25) is 0 Å². The third-order valence-electron chi connectivity index (χ3n) is 6.32. The first kappa shape index (κ1) is 32.1. The summed E-state index contributed by atoms with van der Waals surface area (Å²) in [4.78, 5) is 43.6. The number of halogens is 6. The zero-order valence-corrected chi connectivity index (χ0v) is 21.8. The molecular weight excluding hydrogens is 578 g/mol. The highest BCUT2D eigenvalue weighted by molar-refractivity contribution is 5.92. The normalized spacial score (nSPS) is 15.9. The van der Waals surface area contributed by atoms with E-state index in [1.165, 1.54) is 18.5 Å². The van der Waals surface area contributed by atoms with Gasteiger partial charge in [0.25, 0.3) is 5.91 Å². The molecule has 0 aromatic carbocycles. The van der Waals surface area contributed by atoms with Gasteiger partial charge in [-0.05, 0) is 49.9 Å². The molecule has 3 aromatic rings. The van der Waals surface area contributed by atoms with Gasteiger partial charge in [0.2, 0.25) is 0 Å². The fourth-order valence-electron chi connectivity index (χ4n) is 4.22. The van der Waals surface area contributed by atoms with Crippen LogP contribution >= 0.6 is 0 Å². The van der Waals surface area contributed by atoms with E-state index in [-0.39, 0.29) is 5.91 Å². The quantitative estimate of drug-likeness (QED) is 0.424. The lowest BCUT2D eigenvalue weighted by molar-refractivity contribution is -0.193. The third-order valence-corrected chi connectivity index (χ3v) is 6.32. The second-order valence-corrected chi connectivity index (χ2v) is 9.24. The summed E-state index contributed by atoms with van der Waals surface area (Å²) in [6, 6.07) is 9.66. The number of likely N-dealkylation sites (tertiary alicyclic amines) is 1. The highest BCUT2D eigenvalue weighted by Crippen LogP contribution is 2.28. The van der Waals surface area contributed by atoms with Crippen molar-refractivity contribution in [3.8, 4) is 0 Å². The van der Waals surface area contributed by atoms with Crippen molar-refractivity contribution in [2.75, 3.05) is 31.1 Å². The molecule has 0 spiro atoms. The summed E-state index contributed by atoms with van der Waals surface area (Å²) in [7, 11) is 0. The summed E-state index contributed by atoms with van der Waals surface area (Å²) in [6.45, 7) is 3.68. The van der Waals surface area contributed by atoms with Gasteiger partial charge in [-0.25, -0.2) is 19.1 Å². The summed E-state index contributed by atoms with van der Waals surface area (Å²) in [6.07, 6.45) is -2.12. The first-order valence-corrected chi connectivity index (χ1v) is 12.6. The van der Waals surface area contributed by atoms with Crippen LogP contribution in [0.3, 0.4) is 0 Å². The van der Waals surface area contributed by atoms with Gasteiger partial charge in [-0.2, -0.15) is 31.4 Å². The maximum Gasteiger partial charge on any atom is 0.490 e. The van der Waals surface area contributed by atoms with E-state index in [9.17, 15) is 31.1 Å². The molecule has 0 bridgehead atoms. The van der Waals surface area contributed by atoms with Gasteiger partial charge >= 0.3 is 24.3 Å². The largest absolute Gasteiger partial charge is 0.490 e. The molecule has 228 valence electrons. The fourth-order valence-corrected chi connectivity index (χ4v) is 4.22. The number of hydrogen-bond acceptors (Lipinski definition) is 7. The summed E-state index contributed by atoms with van der Waals surface area (Å²) >= 11 is 0. The number of aromatic nitrogens is 4. The lowest BCUT2D eigenvalue weighted by atomic mass is 9.96. The van der Waals surface area contributed by atoms with Crippen molar-refractivity contribution < 1.29 is 50.9 Å². The minimum atomic E-state index is -5.08. The highest BCUT2D eigenvalue weighted by atomic mass is 19.4. The lowest BCUT2D eigenvalue weighted by Crippen LogP contribution is -2.38. The van der Waals surface area contributed by atoms with Crippen molar-refractivity contribution in [3.05, 3.63) is 54.2 Å². The predicted octanol–water partition coefficient (Wildman–Crippen LogP) is 4.01. The molecule has 0 radical (unpaired) electrons. The number of rotatable bonds is 3. The zero-order chi connectivity index (χ0) is 31.1. The van der Waals surface area contributed by atoms with Crippen LogP contribution in [0.4, 0.5) is 32.0 Å². The Kier molecular flexibility index (Phi) is 10.3. The molecule has 2 saturated heterocycles. The van der Waals surface area contributed by atoms with Crippen molar-refractivity contribution in [3.63, 3.8) is 0 Å². The summed E-state index contributed by atoms with van der Waals surface area (Å²) < 4.78 is 65.4. The average molecular weight is 605 g/mol. The van der Waals surface area contributed by atoms with Crippen LogP contribution in [0.25, 0.3) is 5.65 Å². The Labute approximate surface area is 234 Å². The number of hydrogen-bond donors (Lipinski definition) is 2. The van der Waals surface area contributed by atoms with Gasteiger partial charge in [-0.15, -0.1) is 0 Å². The van der Waals surface area contributed by atoms with E-state index in [1.54, 1.807) is 12.3 Å². The van der Waals surface area contributed by atoms with Crippen LogP contribution in [0, 0.1) is 0 Å². The zero-order valence-electron chi connectivity index (χ0n) is 21.8. The maximum atomic E-state index is 12.6. The lowest BCUT2D eigenvalue weighted by Gasteiger charge is -2.30. The van der Waals surface area contributed by atoms with Gasteiger partial charge in [0.05, 0.1) is 11.9 Å². The Bertz CT molecular complexity index is 1340.